The van der Waals surface area contributed by atoms with Crippen molar-refractivity contribution in [3.05, 3.63) is 29.3 Å². The number of benzene rings is 1. The van der Waals surface area contributed by atoms with Crippen LogP contribution in [0.15, 0.2) is 18.2 Å². The quantitative estimate of drug-likeness (QED) is 0.840. The van der Waals surface area contributed by atoms with Gasteiger partial charge in [-0.15, -0.1) is 0 Å². The van der Waals surface area contributed by atoms with Gasteiger partial charge in [0.15, 0.2) is 5.78 Å². The lowest BCUT2D eigenvalue weighted by atomic mass is 9.81. The number of hydrogen-bond acceptors (Lipinski definition) is 3. The number of ether oxygens (including phenoxy) is 1. The number of carbonyl (C=O) groups is 1. The molecule has 3 heteroatoms. The zero-order valence-electron chi connectivity index (χ0n) is 13.5. The van der Waals surface area contributed by atoms with Gasteiger partial charge in [-0.2, -0.15) is 0 Å². The van der Waals surface area contributed by atoms with Crippen LogP contribution in [0.25, 0.3) is 0 Å². The Balaban J connectivity index is 1.89. The molecule has 0 radical (unpaired) electrons. The molecule has 0 bridgehead atoms. The van der Waals surface area contributed by atoms with Crippen molar-refractivity contribution in [3.63, 3.8) is 0 Å². The van der Waals surface area contributed by atoms with Crippen molar-refractivity contribution in [3.8, 4) is 0 Å². The van der Waals surface area contributed by atoms with Crippen LogP contribution in [0.3, 0.4) is 0 Å². The summed E-state index contributed by atoms with van der Waals surface area (Å²) in [6, 6.07) is 6.09. The number of hydrogen-bond donors (Lipinski definition) is 1. The van der Waals surface area contributed by atoms with Gasteiger partial charge >= 0.3 is 0 Å². The molecule has 1 atom stereocenters. The molecule has 1 unspecified atom stereocenters. The highest BCUT2D eigenvalue weighted by Gasteiger charge is 2.49. The number of rotatable bonds is 2. The summed E-state index contributed by atoms with van der Waals surface area (Å²) in [5.74, 6) is 0.154. The van der Waals surface area contributed by atoms with E-state index in [0.717, 1.165) is 31.4 Å². The molecule has 1 fully saturated rings. The van der Waals surface area contributed by atoms with Gasteiger partial charge in [0.2, 0.25) is 0 Å². The number of ketones is 1. The first-order chi connectivity index (χ1) is 9.78. The lowest BCUT2D eigenvalue weighted by Gasteiger charge is -2.27. The van der Waals surface area contributed by atoms with Crippen LogP contribution >= 0.6 is 0 Å². The van der Waals surface area contributed by atoms with Gasteiger partial charge in [-0.05, 0) is 70.7 Å². The molecular weight excluding hydrogens is 262 g/mol. The molecule has 1 aromatic carbocycles. The second kappa shape index (κ2) is 4.84. The van der Waals surface area contributed by atoms with Gasteiger partial charge in [0.25, 0.3) is 0 Å². The Hall–Kier alpha value is -1.35. The number of fused-ring (bicyclic) bond motifs is 1. The Kier molecular flexibility index (Phi) is 3.36. The largest absolute Gasteiger partial charge is 0.385 e. The van der Waals surface area contributed by atoms with Crippen LogP contribution in [0.1, 0.15) is 56.5 Å². The van der Waals surface area contributed by atoms with Crippen molar-refractivity contribution in [1.29, 1.82) is 0 Å². The van der Waals surface area contributed by atoms with Gasteiger partial charge in [0.05, 0.1) is 17.1 Å². The topological polar surface area (TPSA) is 38.3 Å². The van der Waals surface area contributed by atoms with Crippen LogP contribution < -0.4 is 5.32 Å². The molecule has 114 valence electrons. The van der Waals surface area contributed by atoms with E-state index in [0.29, 0.717) is 0 Å². The lowest BCUT2D eigenvalue weighted by Crippen LogP contribution is -2.34. The van der Waals surface area contributed by atoms with Crippen molar-refractivity contribution in [2.24, 2.45) is 5.92 Å². The molecule has 2 aliphatic rings. The van der Waals surface area contributed by atoms with E-state index in [2.05, 4.69) is 31.3 Å². The average Bonchev–Trinajstić information content (AvgIpc) is 2.65. The minimum atomic E-state index is -0.394. The number of carbonyl (C=O) groups excluding carboxylic acids is 1. The summed E-state index contributed by atoms with van der Waals surface area (Å²) in [4.78, 5) is 12.9. The van der Waals surface area contributed by atoms with E-state index in [-0.39, 0.29) is 17.3 Å². The van der Waals surface area contributed by atoms with Gasteiger partial charge in [-0.1, -0.05) is 0 Å². The van der Waals surface area contributed by atoms with E-state index in [1.807, 2.05) is 19.9 Å². The standard InChI is InChI=1S/C18H25NO2/c1-17(2)11-14(18(3,4)21-17)16(20)13-7-8-15-12(10-13)6-5-9-19-15/h7-8,10,14,19H,5-6,9,11H2,1-4H3. The maximum Gasteiger partial charge on any atom is 0.168 e. The van der Waals surface area contributed by atoms with Crippen molar-refractivity contribution in [2.75, 3.05) is 11.9 Å². The second-order valence-electron chi connectivity index (χ2n) is 7.49. The fourth-order valence-electron chi connectivity index (χ4n) is 3.80. The summed E-state index contributed by atoms with van der Waals surface area (Å²) in [7, 11) is 0. The van der Waals surface area contributed by atoms with Gasteiger partial charge in [0.1, 0.15) is 0 Å². The van der Waals surface area contributed by atoms with E-state index in [4.69, 9.17) is 4.74 Å². The molecule has 1 aromatic rings. The molecule has 2 aliphatic heterocycles. The molecule has 0 aliphatic carbocycles. The molecule has 0 amide bonds. The Bertz CT molecular complexity index is 575. The third kappa shape index (κ3) is 2.71. The van der Waals surface area contributed by atoms with Crippen molar-refractivity contribution < 1.29 is 9.53 Å². The predicted molar refractivity (Wildman–Crippen MR) is 84.9 cm³/mol. The zero-order chi connectivity index (χ0) is 15.3. The van der Waals surface area contributed by atoms with Crippen molar-refractivity contribution >= 4 is 11.5 Å². The van der Waals surface area contributed by atoms with Crippen LogP contribution in [-0.4, -0.2) is 23.5 Å². The maximum absolute atomic E-state index is 12.9. The van der Waals surface area contributed by atoms with Crippen molar-refractivity contribution in [1.82, 2.24) is 0 Å². The normalized spacial score (nSPS) is 26.0. The minimum Gasteiger partial charge on any atom is -0.385 e. The van der Waals surface area contributed by atoms with E-state index in [1.54, 1.807) is 0 Å². The van der Waals surface area contributed by atoms with Crippen LogP contribution in [-0.2, 0) is 11.2 Å². The maximum atomic E-state index is 12.9. The lowest BCUT2D eigenvalue weighted by molar-refractivity contribution is -0.0712. The van der Waals surface area contributed by atoms with E-state index >= 15 is 0 Å². The summed E-state index contributed by atoms with van der Waals surface area (Å²) < 4.78 is 6.07. The fraction of sp³-hybridized carbons (Fsp3) is 0.611. The number of aryl methyl sites for hydroxylation is 1. The Labute approximate surface area is 127 Å². The van der Waals surface area contributed by atoms with Crippen molar-refractivity contribution in [2.45, 2.75) is 58.2 Å². The summed E-state index contributed by atoms with van der Waals surface area (Å²) in [6.45, 7) is 9.23. The minimum absolute atomic E-state index is 0.0675. The van der Waals surface area contributed by atoms with Gasteiger partial charge in [0, 0.05) is 17.8 Å². The van der Waals surface area contributed by atoms with Crippen LogP contribution in [0, 0.1) is 5.92 Å². The molecule has 2 heterocycles. The first-order valence-electron chi connectivity index (χ1n) is 7.90. The molecule has 0 spiro atoms. The molecule has 1 saturated heterocycles. The van der Waals surface area contributed by atoms with Crippen LogP contribution in [0.2, 0.25) is 0 Å². The molecule has 21 heavy (non-hydrogen) atoms. The molecule has 0 saturated carbocycles. The first kappa shape index (κ1) is 14.6. The molecule has 3 rings (SSSR count). The molecular formula is C18H25NO2. The van der Waals surface area contributed by atoms with Crippen LogP contribution in [0.4, 0.5) is 5.69 Å². The Morgan fingerprint density at radius 3 is 2.71 bits per heavy atom. The highest BCUT2D eigenvalue weighted by Crippen LogP contribution is 2.43. The smallest absolute Gasteiger partial charge is 0.168 e. The highest BCUT2D eigenvalue weighted by atomic mass is 16.5. The molecule has 1 N–H and O–H groups in total. The molecule has 3 nitrogen and oxygen atoms in total. The third-order valence-corrected chi connectivity index (χ3v) is 4.72. The summed E-state index contributed by atoms with van der Waals surface area (Å²) in [6.07, 6.45) is 2.98. The van der Waals surface area contributed by atoms with E-state index < -0.39 is 5.60 Å². The fourth-order valence-corrected chi connectivity index (χ4v) is 3.80. The first-order valence-corrected chi connectivity index (χ1v) is 7.90. The van der Waals surface area contributed by atoms with Gasteiger partial charge in [-0.25, -0.2) is 0 Å². The highest BCUT2D eigenvalue weighted by molar-refractivity contribution is 5.99. The number of nitrogens with one attached hydrogen (secondary N) is 1. The Morgan fingerprint density at radius 2 is 2.05 bits per heavy atom. The monoisotopic (exact) mass is 287 g/mol. The van der Waals surface area contributed by atoms with Crippen LogP contribution in [0.5, 0.6) is 0 Å². The second-order valence-corrected chi connectivity index (χ2v) is 7.49. The predicted octanol–water partition coefficient (Wildman–Crippen LogP) is 3.82. The van der Waals surface area contributed by atoms with Gasteiger partial charge < -0.3 is 10.1 Å². The molecule has 0 aromatic heterocycles. The summed E-state index contributed by atoms with van der Waals surface area (Å²) in [5.41, 5.74) is 2.66. The zero-order valence-corrected chi connectivity index (χ0v) is 13.5. The van der Waals surface area contributed by atoms with E-state index in [1.165, 1.54) is 11.3 Å². The Morgan fingerprint density at radius 1 is 1.29 bits per heavy atom. The SMILES string of the molecule is CC1(C)CC(C(=O)c2ccc3c(c2)CCCN3)C(C)(C)O1. The number of anilines is 1. The third-order valence-electron chi connectivity index (χ3n) is 4.72. The summed E-state index contributed by atoms with van der Waals surface area (Å²) in [5, 5.41) is 3.39. The van der Waals surface area contributed by atoms with Gasteiger partial charge in [-0.3, -0.25) is 4.79 Å². The summed E-state index contributed by atoms with van der Waals surface area (Å²) >= 11 is 0. The van der Waals surface area contributed by atoms with E-state index in [9.17, 15) is 4.79 Å². The number of Topliss-reactive ketones (excluding diaryl/α,β-unsaturated/α-hetero) is 1. The average molecular weight is 287 g/mol.